The third kappa shape index (κ3) is 9.67. The van der Waals surface area contributed by atoms with Crippen LogP contribution in [0.4, 0.5) is 0 Å². The van der Waals surface area contributed by atoms with Crippen molar-refractivity contribution in [2.24, 2.45) is 0 Å². The van der Waals surface area contributed by atoms with Crippen LogP contribution in [0.3, 0.4) is 0 Å². The van der Waals surface area contributed by atoms with E-state index in [0.717, 1.165) is 37.6 Å². The summed E-state index contributed by atoms with van der Waals surface area (Å²) in [6.07, 6.45) is 15.3. The molecule has 178 valence electrons. The lowest BCUT2D eigenvalue weighted by molar-refractivity contribution is 0.258. The highest BCUT2D eigenvalue weighted by Gasteiger charge is 2.09. The molecule has 0 atom stereocenters. The van der Waals surface area contributed by atoms with Gasteiger partial charge in [0.15, 0.2) is 11.5 Å². The molecule has 0 saturated heterocycles. The van der Waals surface area contributed by atoms with Gasteiger partial charge in [-0.05, 0) is 61.1 Å². The molecule has 2 rings (SSSR count). The molecule has 0 aliphatic carbocycles. The van der Waals surface area contributed by atoms with Crippen LogP contribution < -0.4 is 9.47 Å². The van der Waals surface area contributed by atoms with Gasteiger partial charge in [0.2, 0.25) is 0 Å². The van der Waals surface area contributed by atoms with Crippen molar-refractivity contribution in [3.63, 3.8) is 0 Å². The largest absolute Gasteiger partial charge is 0.490 e. The molecule has 0 unspecified atom stereocenters. The summed E-state index contributed by atoms with van der Waals surface area (Å²) in [4.78, 5) is 0. The first-order valence-corrected chi connectivity index (χ1v) is 13.1. The Hall–Kier alpha value is -1.96. The fourth-order valence-corrected chi connectivity index (χ4v) is 3.97. The number of rotatable bonds is 17. The SMILES string of the molecule is CCCCCCCCOc1ccc(-c2ccc(C)c(C)c2)cc1OCCCCCCCC. The lowest BCUT2D eigenvalue weighted by Crippen LogP contribution is -2.03. The van der Waals surface area contributed by atoms with Gasteiger partial charge < -0.3 is 9.47 Å². The van der Waals surface area contributed by atoms with Gasteiger partial charge in [-0.15, -0.1) is 0 Å². The van der Waals surface area contributed by atoms with E-state index in [-0.39, 0.29) is 0 Å². The van der Waals surface area contributed by atoms with E-state index in [0.29, 0.717) is 0 Å². The molecule has 0 amide bonds. The van der Waals surface area contributed by atoms with Gasteiger partial charge in [-0.2, -0.15) is 0 Å². The third-order valence-corrected chi connectivity index (χ3v) is 6.29. The number of hydrogen-bond donors (Lipinski definition) is 0. The van der Waals surface area contributed by atoms with E-state index in [1.807, 2.05) is 0 Å². The number of benzene rings is 2. The van der Waals surface area contributed by atoms with Gasteiger partial charge in [0.25, 0.3) is 0 Å². The minimum atomic E-state index is 0.760. The Morgan fingerprint density at radius 2 is 1.00 bits per heavy atom. The molecular formula is C30H46O2. The number of hydrogen-bond acceptors (Lipinski definition) is 2. The summed E-state index contributed by atoms with van der Waals surface area (Å²) in [5.74, 6) is 1.78. The molecule has 2 aromatic carbocycles. The van der Waals surface area contributed by atoms with Gasteiger partial charge >= 0.3 is 0 Å². The Kier molecular flexibility index (Phi) is 13.0. The lowest BCUT2D eigenvalue weighted by Gasteiger charge is -2.15. The highest BCUT2D eigenvalue weighted by molar-refractivity contribution is 5.68. The molecule has 0 heterocycles. The zero-order valence-electron chi connectivity index (χ0n) is 21.2. The van der Waals surface area contributed by atoms with Gasteiger partial charge in [-0.25, -0.2) is 0 Å². The maximum atomic E-state index is 6.24. The second-order valence-corrected chi connectivity index (χ2v) is 9.19. The summed E-state index contributed by atoms with van der Waals surface area (Å²) in [5.41, 5.74) is 5.07. The van der Waals surface area contributed by atoms with Crippen molar-refractivity contribution >= 4 is 0 Å². The van der Waals surface area contributed by atoms with Gasteiger partial charge in [0.1, 0.15) is 0 Å². The number of unbranched alkanes of at least 4 members (excludes halogenated alkanes) is 10. The van der Waals surface area contributed by atoms with Crippen LogP contribution >= 0.6 is 0 Å². The fraction of sp³-hybridized carbons (Fsp3) is 0.600. The van der Waals surface area contributed by atoms with Crippen molar-refractivity contribution in [2.75, 3.05) is 13.2 Å². The molecule has 0 saturated carbocycles. The van der Waals surface area contributed by atoms with Crippen molar-refractivity contribution in [1.29, 1.82) is 0 Å². The Morgan fingerprint density at radius 1 is 0.500 bits per heavy atom. The molecule has 0 bridgehead atoms. The molecule has 0 radical (unpaired) electrons. The molecule has 0 spiro atoms. The van der Waals surface area contributed by atoms with Crippen molar-refractivity contribution in [1.82, 2.24) is 0 Å². The maximum absolute atomic E-state index is 6.24. The first-order valence-electron chi connectivity index (χ1n) is 13.1. The van der Waals surface area contributed by atoms with E-state index in [1.54, 1.807) is 0 Å². The Bertz CT molecular complexity index is 765. The number of ether oxygens (including phenoxy) is 2. The van der Waals surface area contributed by atoms with Gasteiger partial charge in [0.05, 0.1) is 13.2 Å². The Balaban J connectivity index is 1.97. The van der Waals surface area contributed by atoms with Crippen LogP contribution in [0.1, 0.15) is 102 Å². The van der Waals surface area contributed by atoms with Crippen LogP contribution in [0.2, 0.25) is 0 Å². The standard InChI is InChI=1S/C30H46O2/c1-5-7-9-11-13-15-21-31-29-20-19-28(27-18-17-25(3)26(4)23-27)24-30(29)32-22-16-14-12-10-8-6-2/h17-20,23-24H,5-16,21-22H2,1-4H3. The average Bonchev–Trinajstić information content (AvgIpc) is 2.80. The zero-order chi connectivity index (χ0) is 23.0. The van der Waals surface area contributed by atoms with Crippen LogP contribution in [0.15, 0.2) is 36.4 Å². The highest BCUT2D eigenvalue weighted by Crippen LogP contribution is 2.34. The number of aryl methyl sites for hydroxylation is 2. The molecule has 0 aliphatic rings. The predicted octanol–water partition coefficient (Wildman–Crippen LogP) is 9.45. The monoisotopic (exact) mass is 438 g/mol. The van der Waals surface area contributed by atoms with Crippen molar-refractivity contribution in [3.05, 3.63) is 47.5 Å². The third-order valence-electron chi connectivity index (χ3n) is 6.29. The van der Waals surface area contributed by atoms with Crippen LogP contribution in [0.25, 0.3) is 11.1 Å². The zero-order valence-corrected chi connectivity index (χ0v) is 21.2. The molecule has 0 fully saturated rings. The molecule has 0 aliphatic heterocycles. The second kappa shape index (κ2) is 15.8. The lowest BCUT2D eigenvalue weighted by atomic mass is 10.0. The van der Waals surface area contributed by atoms with E-state index in [1.165, 1.54) is 86.5 Å². The van der Waals surface area contributed by atoms with Crippen LogP contribution in [0, 0.1) is 13.8 Å². The van der Waals surface area contributed by atoms with Crippen molar-refractivity contribution in [3.8, 4) is 22.6 Å². The Morgan fingerprint density at radius 3 is 1.59 bits per heavy atom. The minimum Gasteiger partial charge on any atom is -0.490 e. The van der Waals surface area contributed by atoms with Crippen LogP contribution in [-0.4, -0.2) is 13.2 Å². The second-order valence-electron chi connectivity index (χ2n) is 9.19. The van der Waals surface area contributed by atoms with Gasteiger partial charge in [-0.1, -0.05) is 102 Å². The van der Waals surface area contributed by atoms with E-state index >= 15 is 0 Å². The molecule has 2 nitrogen and oxygen atoms in total. The average molecular weight is 439 g/mol. The molecule has 32 heavy (non-hydrogen) atoms. The van der Waals surface area contributed by atoms with Crippen LogP contribution in [0.5, 0.6) is 11.5 Å². The van der Waals surface area contributed by atoms with E-state index in [2.05, 4.69) is 64.1 Å². The molecule has 2 aromatic rings. The predicted molar refractivity (Wildman–Crippen MR) is 139 cm³/mol. The smallest absolute Gasteiger partial charge is 0.161 e. The normalized spacial score (nSPS) is 11.0. The summed E-state index contributed by atoms with van der Waals surface area (Å²) in [5, 5.41) is 0. The summed E-state index contributed by atoms with van der Waals surface area (Å²) >= 11 is 0. The maximum Gasteiger partial charge on any atom is 0.161 e. The van der Waals surface area contributed by atoms with E-state index < -0.39 is 0 Å². The summed E-state index contributed by atoms with van der Waals surface area (Å²) in [6.45, 7) is 10.4. The van der Waals surface area contributed by atoms with E-state index in [4.69, 9.17) is 9.47 Å². The van der Waals surface area contributed by atoms with Crippen molar-refractivity contribution in [2.45, 2.75) is 105 Å². The van der Waals surface area contributed by atoms with Crippen LogP contribution in [-0.2, 0) is 0 Å². The highest BCUT2D eigenvalue weighted by atomic mass is 16.5. The minimum absolute atomic E-state index is 0.760. The first kappa shape index (κ1) is 26.3. The molecule has 0 aromatic heterocycles. The quantitative estimate of drug-likeness (QED) is 0.229. The summed E-state index contributed by atoms with van der Waals surface area (Å²) in [7, 11) is 0. The summed E-state index contributed by atoms with van der Waals surface area (Å²) in [6, 6.07) is 13.1. The first-order chi connectivity index (χ1) is 15.7. The van der Waals surface area contributed by atoms with Gasteiger partial charge in [0, 0.05) is 0 Å². The Labute approximate surface area is 197 Å². The molecular weight excluding hydrogens is 392 g/mol. The molecule has 0 N–H and O–H groups in total. The van der Waals surface area contributed by atoms with Gasteiger partial charge in [-0.3, -0.25) is 0 Å². The van der Waals surface area contributed by atoms with E-state index in [9.17, 15) is 0 Å². The topological polar surface area (TPSA) is 18.5 Å². The fourth-order valence-electron chi connectivity index (χ4n) is 3.97. The summed E-state index contributed by atoms with van der Waals surface area (Å²) < 4.78 is 12.4. The van der Waals surface area contributed by atoms with Crippen molar-refractivity contribution < 1.29 is 9.47 Å². The molecule has 2 heteroatoms.